The molecule has 0 bridgehead atoms. The van der Waals surface area contributed by atoms with Crippen LogP contribution >= 0.6 is 11.6 Å². The number of ether oxygens (including phenoxy) is 2. The molecule has 0 radical (unpaired) electrons. The molecule has 0 saturated heterocycles. The van der Waals surface area contributed by atoms with Gasteiger partial charge in [0.05, 0.1) is 16.8 Å². The van der Waals surface area contributed by atoms with Crippen LogP contribution in [0.15, 0.2) is 12.1 Å². The Morgan fingerprint density at radius 1 is 1.47 bits per heavy atom. The van der Waals surface area contributed by atoms with E-state index in [4.69, 9.17) is 26.8 Å². The van der Waals surface area contributed by atoms with Crippen molar-refractivity contribution in [2.75, 3.05) is 12.1 Å². The summed E-state index contributed by atoms with van der Waals surface area (Å²) in [5.74, 6) is 0.994. The van der Waals surface area contributed by atoms with Crippen LogP contribution in [0.5, 0.6) is 11.5 Å². The van der Waals surface area contributed by atoms with Crippen LogP contribution in [0.3, 0.4) is 0 Å². The first-order valence-electron chi connectivity index (χ1n) is 6.18. The van der Waals surface area contributed by atoms with Gasteiger partial charge >= 0.3 is 0 Å². The summed E-state index contributed by atoms with van der Waals surface area (Å²) in [4.78, 5) is 12.0. The Kier molecular flexibility index (Phi) is 4.17. The van der Waals surface area contributed by atoms with Gasteiger partial charge in [0.15, 0.2) is 11.5 Å². The molecule has 0 spiro atoms. The normalized spacial score (nSPS) is 16.0. The fourth-order valence-electron chi connectivity index (χ4n) is 1.74. The van der Waals surface area contributed by atoms with Gasteiger partial charge in [-0.25, -0.2) is 0 Å². The number of anilines is 1. The second-order valence-corrected chi connectivity index (χ2v) is 4.99. The van der Waals surface area contributed by atoms with Crippen molar-refractivity contribution in [2.45, 2.75) is 26.3 Å². The number of carbonyl (C=O) groups excluding carboxylic acids is 1. The molecular formula is C13H17ClN2O3. The predicted octanol–water partition coefficient (Wildman–Crippen LogP) is 2.38. The van der Waals surface area contributed by atoms with Crippen molar-refractivity contribution in [1.82, 2.24) is 0 Å². The van der Waals surface area contributed by atoms with Gasteiger partial charge in [0.25, 0.3) is 0 Å². The first-order chi connectivity index (χ1) is 9.02. The highest BCUT2D eigenvalue weighted by Crippen LogP contribution is 2.39. The van der Waals surface area contributed by atoms with E-state index in [9.17, 15) is 4.79 Å². The van der Waals surface area contributed by atoms with Crippen LogP contribution in [0.4, 0.5) is 5.69 Å². The minimum atomic E-state index is -0.563. The number of halogens is 1. The van der Waals surface area contributed by atoms with E-state index >= 15 is 0 Å². The van der Waals surface area contributed by atoms with Crippen LogP contribution < -0.4 is 20.5 Å². The van der Waals surface area contributed by atoms with Crippen LogP contribution in [0.25, 0.3) is 0 Å². The topological polar surface area (TPSA) is 73.6 Å². The van der Waals surface area contributed by atoms with Crippen molar-refractivity contribution in [3.63, 3.8) is 0 Å². The molecule has 5 nitrogen and oxygen atoms in total. The van der Waals surface area contributed by atoms with Crippen molar-refractivity contribution in [1.29, 1.82) is 0 Å². The molecule has 104 valence electrons. The number of rotatable bonds is 4. The quantitative estimate of drug-likeness (QED) is 0.890. The number of fused-ring (bicyclic) bond motifs is 1. The Hall–Kier alpha value is -1.46. The number of hydrogen-bond acceptors (Lipinski definition) is 4. The van der Waals surface area contributed by atoms with E-state index in [-0.39, 0.29) is 18.6 Å². The third kappa shape index (κ3) is 2.93. The van der Waals surface area contributed by atoms with Gasteiger partial charge in [-0.15, -0.1) is 0 Å². The van der Waals surface area contributed by atoms with E-state index in [1.165, 1.54) is 0 Å². The Bertz CT molecular complexity index is 493. The van der Waals surface area contributed by atoms with Crippen molar-refractivity contribution >= 4 is 23.2 Å². The monoisotopic (exact) mass is 284 g/mol. The Morgan fingerprint density at radius 3 is 2.74 bits per heavy atom. The minimum Gasteiger partial charge on any atom is -0.454 e. The van der Waals surface area contributed by atoms with Gasteiger partial charge in [-0.3, -0.25) is 4.79 Å². The summed E-state index contributed by atoms with van der Waals surface area (Å²) in [6.07, 6.45) is 0.837. The molecule has 2 atom stereocenters. The van der Waals surface area contributed by atoms with Crippen LogP contribution in [0.2, 0.25) is 5.02 Å². The first kappa shape index (κ1) is 14.0. The van der Waals surface area contributed by atoms with Crippen molar-refractivity contribution in [3.05, 3.63) is 17.2 Å². The highest BCUT2D eigenvalue weighted by Gasteiger charge is 2.22. The maximum absolute atomic E-state index is 12.0. The highest BCUT2D eigenvalue weighted by molar-refractivity contribution is 6.34. The fraction of sp³-hybridized carbons (Fsp3) is 0.462. The first-order valence-corrected chi connectivity index (χ1v) is 6.56. The van der Waals surface area contributed by atoms with E-state index in [0.717, 1.165) is 6.42 Å². The van der Waals surface area contributed by atoms with E-state index in [1.54, 1.807) is 12.1 Å². The molecule has 1 unspecified atom stereocenters. The molecule has 1 heterocycles. The van der Waals surface area contributed by atoms with E-state index in [0.29, 0.717) is 22.2 Å². The lowest BCUT2D eigenvalue weighted by Crippen LogP contribution is -2.40. The smallest absolute Gasteiger partial charge is 0.241 e. The van der Waals surface area contributed by atoms with Crippen molar-refractivity contribution in [3.8, 4) is 11.5 Å². The number of hydrogen-bond donors (Lipinski definition) is 2. The molecule has 0 aliphatic carbocycles. The molecule has 6 heteroatoms. The van der Waals surface area contributed by atoms with Gasteiger partial charge in [-0.1, -0.05) is 31.9 Å². The molecule has 1 aliphatic rings. The second-order valence-electron chi connectivity index (χ2n) is 4.59. The fourth-order valence-corrected chi connectivity index (χ4v) is 1.94. The summed E-state index contributed by atoms with van der Waals surface area (Å²) >= 11 is 6.08. The molecule has 1 aliphatic heterocycles. The summed E-state index contributed by atoms with van der Waals surface area (Å²) in [6.45, 7) is 4.09. The van der Waals surface area contributed by atoms with Crippen LogP contribution in [-0.2, 0) is 4.79 Å². The van der Waals surface area contributed by atoms with Gasteiger partial charge < -0.3 is 20.5 Å². The van der Waals surface area contributed by atoms with Gasteiger partial charge in [0, 0.05) is 12.1 Å². The molecule has 1 amide bonds. The maximum Gasteiger partial charge on any atom is 0.241 e. The summed E-state index contributed by atoms with van der Waals surface area (Å²) in [5, 5.41) is 3.12. The van der Waals surface area contributed by atoms with E-state index in [2.05, 4.69) is 5.32 Å². The zero-order chi connectivity index (χ0) is 14.0. The van der Waals surface area contributed by atoms with Crippen LogP contribution in [0.1, 0.15) is 20.3 Å². The maximum atomic E-state index is 12.0. The van der Waals surface area contributed by atoms with Gasteiger partial charge in [-0.2, -0.15) is 0 Å². The lowest BCUT2D eigenvalue weighted by atomic mass is 9.99. The lowest BCUT2D eigenvalue weighted by Gasteiger charge is -2.18. The summed E-state index contributed by atoms with van der Waals surface area (Å²) in [5.41, 5.74) is 6.35. The van der Waals surface area contributed by atoms with E-state index < -0.39 is 6.04 Å². The van der Waals surface area contributed by atoms with Crippen LogP contribution in [0, 0.1) is 5.92 Å². The highest BCUT2D eigenvalue weighted by atomic mass is 35.5. The number of nitrogens with one attached hydrogen (secondary N) is 1. The largest absolute Gasteiger partial charge is 0.454 e. The molecule has 19 heavy (non-hydrogen) atoms. The Morgan fingerprint density at radius 2 is 2.11 bits per heavy atom. The third-order valence-corrected chi connectivity index (χ3v) is 3.59. The number of amides is 1. The average Bonchev–Trinajstić information content (AvgIpc) is 2.84. The molecule has 0 saturated carbocycles. The second kappa shape index (κ2) is 5.67. The van der Waals surface area contributed by atoms with Gasteiger partial charge in [0.1, 0.15) is 0 Å². The van der Waals surface area contributed by atoms with Gasteiger partial charge in [-0.05, 0) is 5.92 Å². The molecular weight excluding hydrogens is 268 g/mol. The molecule has 3 N–H and O–H groups in total. The zero-order valence-electron chi connectivity index (χ0n) is 10.9. The Labute approximate surface area is 117 Å². The van der Waals surface area contributed by atoms with Crippen molar-refractivity contribution < 1.29 is 14.3 Å². The van der Waals surface area contributed by atoms with Crippen LogP contribution in [-0.4, -0.2) is 18.7 Å². The molecule has 1 aromatic rings. The third-order valence-electron chi connectivity index (χ3n) is 3.28. The number of nitrogens with two attached hydrogens (primary N) is 1. The van der Waals surface area contributed by atoms with Crippen molar-refractivity contribution in [2.24, 2.45) is 11.7 Å². The summed E-state index contributed by atoms with van der Waals surface area (Å²) in [7, 11) is 0. The average molecular weight is 285 g/mol. The minimum absolute atomic E-state index is 0.104. The number of carbonyl (C=O) groups is 1. The molecule has 0 fully saturated rings. The molecule has 1 aromatic carbocycles. The summed E-state index contributed by atoms with van der Waals surface area (Å²) in [6, 6.07) is 2.70. The number of benzene rings is 1. The van der Waals surface area contributed by atoms with E-state index in [1.807, 2.05) is 13.8 Å². The SMILES string of the molecule is CCC(C)[C@H](N)C(=O)Nc1cc2c(cc1Cl)OCO2. The standard InChI is InChI=1S/C13H17ClN2O3/c1-3-7(2)12(15)13(17)16-9-5-11-10(4-8(9)14)18-6-19-11/h4-5,7,12H,3,6,15H2,1-2H3,(H,16,17)/t7?,12-/m0/s1. The molecule has 0 aromatic heterocycles. The lowest BCUT2D eigenvalue weighted by molar-refractivity contribution is -0.118. The Balaban J connectivity index is 2.13. The molecule has 2 rings (SSSR count). The van der Waals surface area contributed by atoms with Gasteiger partial charge in [0.2, 0.25) is 12.7 Å². The zero-order valence-corrected chi connectivity index (χ0v) is 11.7. The summed E-state index contributed by atoms with van der Waals surface area (Å²) < 4.78 is 10.4. The predicted molar refractivity (Wildman–Crippen MR) is 73.6 cm³/mol.